The molecule has 0 aromatic heterocycles. The zero-order valence-corrected chi connectivity index (χ0v) is 7.64. The van der Waals surface area contributed by atoms with Crippen LogP contribution >= 0.6 is 0 Å². The fraction of sp³-hybridized carbons (Fsp3) is 1.00. The molecule has 3 fully saturated rings. The molecule has 9 heavy (non-hydrogen) atoms. The highest BCUT2D eigenvalue weighted by Crippen LogP contribution is 2.50. The van der Waals surface area contributed by atoms with E-state index in [1.54, 1.807) is 18.1 Å². The van der Waals surface area contributed by atoms with E-state index in [1.807, 2.05) is 0 Å². The Bertz CT molecular complexity index is 111. The minimum absolute atomic E-state index is 0.0760. The Morgan fingerprint density at radius 2 is 2.00 bits per heavy atom. The molecule has 3 aliphatic heterocycles. The van der Waals surface area contributed by atoms with Gasteiger partial charge in [0.25, 0.3) is 0 Å². The lowest BCUT2D eigenvalue weighted by atomic mass is 9.84. The maximum Gasteiger partial charge on any atom is 0.0378 e. The monoisotopic (exact) mass is 140 g/mol. The summed E-state index contributed by atoms with van der Waals surface area (Å²) in [4.78, 5) is 0. The quantitative estimate of drug-likeness (QED) is 0.453. The van der Waals surface area contributed by atoms with Crippen LogP contribution in [0.1, 0.15) is 20.3 Å². The van der Waals surface area contributed by atoms with E-state index in [-0.39, 0.29) is 8.80 Å². The van der Waals surface area contributed by atoms with Crippen molar-refractivity contribution in [1.29, 1.82) is 0 Å². The Morgan fingerprint density at radius 1 is 1.33 bits per heavy atom. The third-order valence-electron chi connectivity index (χ3n) is 3.02. The zero-order chi connectivity index (χ0) is 6.48. The van der Waals surface area contributed by atoms with Crippen LogP contribution in [-0.4, -0.2) is 8.80 Å². The minimum atomic E-state index is -0.0760. The molecule has 0 amide bonds. The van der Waals surface area contributed by atoms with Crippen molar-refractivity contribution in [3.8, 4) is 0 Å². The normalized spacial score (nSPS) is 46.0. The van der Waals surface area contributed by atoms with Crippen LogP contribution in [0.5, 0.6) is 0 Å². The van der Waals surface area contributed by atoms with E-state index in [0.717, 1.165) is 5.41 Å². The first-order valence-corrected chi connectivity index (χ1v) is 6.61. The van der Waals surface area contributed by atoms with Crippen LogP contribution in [0.25, 0.3) is 0 Å². The van der Waals surface area contributed by atoms with E-state index >= 15 is 0 Å². The van der Waals surface area contributed by atoms with Crippen LogP contribution in [0.15, 0.2) is 0 Å². The molecule has 2 bridgehead atoms. The van der Waals surface area contributed by atoms with E-state index in [4.69, 9.17) is 0 Å². The summed E-state index contributed by atoms with van der Waals surface area (Å²) < 4.78 is 0. The fourth-order valence-corrected chi connectivity index (χ4v) is 7.00. The second-order valence-corrected chi connectivity index (χ2v) is 7.86. The highest BCUT2D eigenvalue weighted by molar-refractivity contribution is 6.62. The number of hydrogen-bond acceptors (Lipinski definition) is 0. The molecule has 3 aliphatic rings. The van der Waals surface area contributed by atoms with E-state index in [9.17, 15) is 0 Å². The summed E-state index contributed by atoms with van der Waals surface area (Å²) in [5.74, 6) is 1.19. The van der Waals surface area contributed by atoms with Gasteiger partial charge in [0.2, 0.25) is 0 Å². The smallest absolute Gasteiger partial charge is 0.0378 e. The van der Waals surface area contributed by atoms with Crippen molar-refractivity contribution in [2.75, 3.05) is 0 Å². The summed E-state index contributed by atoms with van der Waals surface area (Å²) in [7, 11) is -0.0760. The summed E-state index contributed by atoms with van der Waals surface area (Å²) in [5, 5.41) is 0. The second-order valence-electron chi connectivity index (χ2n) is 4.78. The van der Waals surface area contributed by atoms with Gasteiger partial charge < -0.3 is 0 Å². The van der Waals surface area contributed by atoms with Crippen LogP contribution < -0.4 is 0 Å². The predicted octanol–water partition coefficient (Wildman–Crippen LogP) is 2.27. The molecule has 0 N–H and O–H groups in total. The first-order chi connectivity index (χ1) is 4.16. The summed E-state index contributed by atoms with van der Waals surface area (Å²) in [6, 6.07) is 5.04. The third-order valence-corrected chi connectivity index (χ3v) is 7.37. The van der Waals surface area contributed by atoms with Gasteiger partial charge in [-0.2, -0.15) is 0 Å². The fourth-order valence-electron chi connectivity index (χ4n) is 2.85. The van der Waals surface area contributed by atoms with Crippen molar-refractivity contribution in [2.24, 2.45) is 11.3 Å². The minimum Gasteiger partial charge on any atom is -0.0602 e. The first kappa shape index (κ1) is 5.96. The topological polar surface area (TPSA) is 0 Å². The molecule has 1 heteroatoms. The van der Waals surface area contributed by atoms with Crippen LogP contribution in [0, 0.1) is 11.3 Å². The van der Waals surface area contributed by atoms with Gasteiger partial charge in [0.1, 0.15) is 0 Å². The summed E-state index contributed by atoms with van der Waals surface area (Å²) in [5.41, 5.74) is 0.762. The van der Waals surface area contributed by atoms with Gasteiger partial charge in [-0.05, 0) is 17.8 Å². The molecule has 0 aliphatic carbocycles. The molecule has 0 aromatic carbocycles. The lowest BCUT2D eigenvalue weighted by Gasteiger charge is -2.48. The average molecular weight is 140 g/mol. The number of rotatable bonds is 0. The molecule has 0 atom stereocenters. The van der Waals surface area contributed by atoms with Crippen molar-refractivity contribution in [3.05, 3.63) is 0 Å². The van der Waals surface area contributed by atoms with Crippen LogP contribution in [0.2, 0.25) is 18.1 Å². The molecule has 3 heterocycles. The van der Waals surface area contributed by atoms with Crippen molar-refractivity contribution >= 4 is 8.80 Å². The molecule has 0 unspecified atom stereocenters. The van der Waals surface area contributed by atoms with Gasteiger partial charge in [-0.1, -0.05) is 32.0 Å². The Balaban J connectivity index is 2.04. The van der Waals surface area contributed by atoms with E-state index in [1.165, 1.54) is 12.3 Å². The van der Waals surface area contributed by atoms with Crippen molar-refractivity contribution < 1.29 is 0 Å². The number of fused-ring (bicyclic) bond motifs is 2. The standard InChI is InChI=1S/C8H16Si/c1-8(2)3-7-4-9(5-7)6-8/h7,9H,3-6H2,1-2H3. The molecular formula is C8H16Si. The second kappa shape index (κ2) is 1.63. The highest BCUT2D eigenvalue weighted by Gasteiger charge is 2.42. The van der Waals surface area contributed by atoms with Gasteiger partial charge in [0.05, 0.1) is 0 Å². The van der Waals surface area contributed by atoms with Crippen molar-refractivity contribution in [1.82, 2.24) is 0 Å². The number of hydrogen-bond donors (Lipinski definition) is 0. The average Bonchev–Trinajstić information content (AvgIpc) is 1.58. The molecule has 3 saturated heterocycles. The van der Waals surface area contributed by atoms with Crippen molar-refractivity contribution in [2.45, 2.75) is 38.4 Å². The Hall–Kier alpha value is 0.217. The molecule has 0 spiro atoms. The molecule has 0 radical (unpaired) electrons. The van der Waals surface area contributed by atoms with Gasteiger partial charge in [-0.25, -0.2) is 0 Å². The molecule has 0 aromatic rings. The lowest BCUT2D eigenvalue weighted by molar-refractivity contribution is 0.267. The Kier molecular flexibility index (Phi) is 1.08. The lowest BCUT2D eigenvalue weighted by Crippen LogP contribution is -2.43. The van der Waals surface area contributed by atoms with E-state index in [2.05, 4.69) is 13.8 Å². The molecule has 0 nitrogen and oxygen atoms in total. The van der Waals surface area contributed by atoms with Gasteiger partial charge >= 0.3 is 0 Å². The SMILES string of the molecule is CC1(C)CC2C[SiH](C2)C1. The Labute approximate surface area is 59.3 Å². The summed E-state index contributed by atoms with van der Waals surface area (Å²) in [6.45, 7) is 4.91. The third kappa shape index (κ3) is 0.957. The van der Waals surface area contributed by atoms with Crippen LogP contribution in [-0.2, 0) is 0 Å². The zero-order valence-electron chi connectivity index (χ0n) is 6.48. The maximum atomic E-state index is 2.46. The van der Waals surface area contributed by atoms with Gasteiger partial charge in [-0.15, -0.1) is 0 Å². The molecule has 0 saturated carbocycles. The van der Waals surface area contributed by atoms with Crippen LogP contribution in [0.3, 0.4) is 0 Å². The highest BCUT2D eigenvalue weighted by atomic mass is 28.3. The Morgan fingerprint density at radius 3 is 2.22 bits per heavy atom. The van der Waals surface area contributed by atoms with Gasteiger partial charge in [-0.3, -0.25) is 0 Å². The van der Waals surface area contributed by atoms with Crippen molar-refractivity contribution in [3.63, 3.8) is 0 Å². The molecular weight excluding hydrogens is 124 g/mol. The maximum absolute atomic E-state index is 2.46. The molecule has 52 valence electrons. The first-order valence-electron chi connectivity index (χ1n) is 4.16. The van der Waals surface area contributed by atoms with E-state index in [0.29, 0.717) is 0 Å². The summed E-state index contributed by atoms with van der Waals surface area (Å²) >= 11 is 0. The van der Waals surface area contributed by atoms with Gasteiger partial charge in [0, 0.05) is 8.80 Å². The van der Waals surface area contributed by atoms with Crippen LogP contribution in [0.4, 0.5) is 0 Å². The van der Waals surface area contributed by atoms with Gasteiger partial charge in [0.15, 0.2) is 0 Å². The predicted molar refractivity (Wildman–Crippen MR) is 43.5 cm³/mol. The largest absolute Gasteiger partial charge is 0.0602 e. The summed E-state index contributed by atoms with van der Waals surface area (Å²) in [6.07, 6.45) is 1.54. The molecule has 3 rings (SSSR count). The van der Waals surface area contributed by atoms with E-state index < -0.39 is 0 Å².